The van der Waals surface area contributed by atoms with Crippen molar-refractivity contribution in [2.45, 2.75) is 31.9 Å². The molecule has 5 N–H and O–H groups in total. The number of aliphatic imine (C=N–C) groups is 1. The summed E-state index contributed by atoms with van der Waals surface area (Å²) < 4.78 is 5.62. The first-order valence-electron chi connectivity index (χ1n) is 11.1. The van der Waals surface area contributed by atoms with E-state index in [1.807, 2.05) is 30.3 Å². The van der Waals surface area contributed by atoms with Gasteiger partial charge in [0.2, 0.25) is 5.91 Å². The number of nitrogens with two attached hydrogens (primary N) is 2. The standard InChI is InChI=1S/C25H33N5O2/c26-12-13-29-25(31)23-11-4-5-15-30(23)18-24(27)28-14-16-32-19-20-7-6-10-22(17-20)21-8-2-1-3-9-21/h1-3,6-10,14,16-17,23H,4-5,11-13,15,18-19,26H2,(H2,27,28)(H,29,31). The molecule has 3 rings (SSSR count). The van der Waals surface area contributed by atoms with Crippen LogP contribution in [-0.4, -0.2) is 48.9 Å². The highest BCUT2D eigenvalue weighted by atomic mass is 16.5. The van der Waals surface area contributed by atoms with Gasteiger partial charge in [0.05, 0.1) is 18.8 Å². The predicted octanol–water partition coefficient (Wildman–Crippen LogP) is 2.63. The van der Waals surface area contributed by atoms with Gasteiger partial charge in [0, 0.05) is 13.1 Å². The smallest absolute Gasteiger partial charge is 0.237 e. The molecule has 7 heteroatoms. The van der Waals surface area contributed by atoms with Gasteiger partial charge in [0.25, 0.3) is 0 Å². The second-order valence-electron chi connectivity index (χ2n) is 7.84. The minimum absolute atomic E-state index is 0.0135. The van der Waals surface area contributed by atoms with Crippen molar-refractivity contribution in [2.24, 2.45) is 16.5 Å². The van der Waals surface area contributed by atoms with Crippen LogP contribution in [-0.2, 0) is 16.1 Å². The average molecular weight is 436 g/mol. The Balaban J connectivity index is 1.48. The fourth-order valence-electron chi connectivity index (χ4n) is 3.82. The summed E-state index contributed by atoms with van der Waals surface area (Å²) in [5, 5.41) is 2.87. The third-order valence-electron chi connectivity index (χ3n) is 5.41. The number of carbonyl (C=O) groups is 1. The summed E-state index contributed by atoms with van der Waals surface area (Å²) in [6.07, 6.45) is 6.01. The summed E-state index contributed by atoms with van der Waals surface area (Å²) in [6.45, 7) is 2.64. The molecule has 1 atom stereocenters. The van der Waals surface area contributed by atoms with Gasteiger partial charge in [-0.3, -0.25) is 9.69 Å². The van der Waals surface area contributed by atoms with Crippen molar-refractivity contribution >= 4 is 11.7 Å². The van der Waals surface area contributed by atoms with Crippen molar-refractivity contribution in [3.8, 4) is 11.1 Å². The summed E-state index contributed by atoms with van der Waals surface area (Å²) in [4.78, 5) is 18.7. The number of ether oxygens (including phenoxy) is 1. The Hall–Kier alpha value is -3.16. The van der Waals surface area contributed by atoms with E-state index < -0.39 is 0 Å². The number of nitrogens with zero attached hydrogens (tertiary/aromatic N) is 2. The Morgan fingerprint density at radius 2 is 1.97 bits per heavy atom. The van der Waals surface area contributed by atoms with Crippen LogP contribution in [0, 0.1) is 0 Å². The van der Waals surface area contributed by atoms with Crippen LogP contribution in [0.25, 0.3) is 11.1 Å². The van der Waals surface area contributed by atoms with Crippen LogP contribution >= 0.6 is 0 Å². The summed E-state index contributed by atoms with van der Waals surface area (Å²) in [5.41, 5.74) is 15.0. The first-order valence-corrected chi connectivity index (χ1v) is 11.1. The number of amidine groups is 1. The predicted molar refractivity (Wildman–Crippen MR) is 129 cm³/mol. The minimum atomic E-state index is -0.179. The molecule has 2 aromatic rings. The van der Waals surface area contributed by atoms with Crippen molar-refractivity contribution < 1.29 is 9.53 Å². The van der Waals surface area contributed by atoms with E-state index in [-0.39, 0.29) is 11.9 Å². The summed E-state index contributed by atoms with van der Waals surface area (Å²) in [7, 11) is 0. The first kappa shape index (κ1) is 23.5. The molecule has 0 radical (unpaired) electrons. The number of benzene rings is 2. The highest BCUT2D eigenvalue weighted by molar-refractivity contribution is 5.85. The number of likely N-dealkylation sites (tertiary alicyclic amines) is 1. The van der Waals surface area contributed by atoms with Crippen LogP contribution in [0.3, 0.4) is 0 Å². The largest absolute Gasteiger partial charge is 0.495 e. The van der Waals surface area contributed by atoms with E-state index in [0.717, 1.165) is 36.9 Å². The zero-order valence-corrected chi connectivity index (χ0v) is 18.5. The van der Waals surface area contributed by atoms with E-state index in [4.69, 9.17) is 16.2 Å². The van der Waals surface area contributed by atoms with Crippen LogP contribution in [0.2, 0.25) is 0 Å². The van der Waals surface area contributed by atoms with Crippen molar-refractivity contribution in [1.82, 2.24) is 10.2 Å². The molecule has 7 nitrogen and oxygen atoms in total. The normalized spacial score (nSPS) is 17.4. The van der Waals surface area contributed by atoms with Crippen LogP contribution in [0.5, 0.6) is 0 Å². The van der Waals surface area contributed by atoms with Gasteiger partial charge < -0.3 is 21.5 Å². The molecule has 1 heterocycles. The monoisotopic (exact) mass is 435 g/mol. The lowest BCUT2D eigenvalue weighted by Crippen LogP contribution is -2.52. The maximum Gasteiger partial charge on any atom is 0.237 e. The van der Waals surface area contributed by atoms with E-state index in [9.17, 15) is 4.79 Å². The van der Waals surface area contributed by atoms with Gasteiger partial charge in [-0.1, -0.05) is 55.0 Å². The third-order valence-corrected chi connectivity index (χ3v) is 5.41. The van der Waals surface area contributed by atoms with Crippen molar-refractivity contribution in [3.05, 3.63) is 72.6 Å². The lowest BCUT2D eigenvalue weighted by atomic mass is 10.0. The highest BCUT2D eigenvalue weighted by Gasteiger charge is 2.28. The molecular formula is C25H33N5O2. The van der Waals surface area contributed by atoms with Crippen LogP contribution in [0.15, 0.2) is 72.1 Å². The van der Waals surface area contributed by atoms with Gasteiger partial charge in [-0.25, -0.2) is 4.99 Å². The molecule has 0 bridgehead atoms. The molecular weight excluding hydrogens is 402 g/mol. The SMILES string of the molecule is NCCNC(=O)C1CCCCN1CC(N)=NC=COCc1cccc(-c2ccccc2)c1. The van der Waals surface area contributed by atoms with Crippen LogP contribution in [0.4, 0.5) is 0 Å². The topological polar surface area (TPSA) is 106 Å². The first-order chi connectivity index (χ1) is 15.7. The zero-order valence-electron chi connectivity index (χ0n) is 18.5. The van der Waals surface area contributed by atoms with E-state index in [0.29, 0.717) is 32.1 Å². The van der Waals surface area contributed by atoms with Gasteiger partial charge in [-0.15, -0.1) is 0 Å². The number of hydrogen-bond donors (Lipinski definition) is 3. The summed E-state index contributed by atoms with van der Waals surface area (Å²) in [6, 6.07) is 18.3. The Kier molecular flexibility index (Phi) is 9.28. The summed E-state index contributed by atoms with van der Waals surface area (Å²) >= 11 is 0. The lowest BCUT2D eigenvalue weighted by Gasteiger charge is -2.34. The molecule has 1 saturated heterocycles. The summed E-state index contributed by atoms with van der Waals surface area (Å²) in [5.74, 6) is 0.467. The van der Waals surface area contributed by atoms with E-state index >= 15 is 0 Å². The fraction of sp³-hybridized carbons (Fsp3) is 0.360. The highest BCUT2D eigenvalue weighted by Crippen LogP contribution is 2.20. The second-order valence-corrected chi connectivity index (χ2v) is 7.84. The Morgan fingerprint density at radius 3 is 2.78 bits per heavy atom. The molecule has 1 unspecified atom stereocenters. The molecule has 1 aliphatic rings. The minimum Gasteiger partial charge on any atom is -0.495 e. The van der Waals surface area contributed by atoms with E-state index in [1.165, 1.54) is 5.56 Å². The number of hydrogen-bond acceptors (Lipinski definition) is 5. The van der Waals surface area contributed by atoms with Crippen LogP contribution in [0.1, 0.15) is 24.8 Å². The fourth-order valence-corrected chi connectivity index (χ4v) is 3.82. The van der Waals surface area contributed by atoms with Crippen molar-refractivity contribution in [3.63, 3.8) is 0 Å². The molecule has 2 aromatic carbocycles. The molecule has 0 spiro atoms. The van der Waals surface area contributed by atoms with Crippen molar-refractivity contribution in [1.29, 1.82) is 0 Å². The number of rotatable bonds is 10. The maximum absolute atomic E-state index is 12.4. The van der Waals surface area contributed by atoms with Gasteiger partial charge in [0.1, 0.15) is 18.7 Å². The zero-order chi connectivity index (χ0) is 22.6. The second kappa shape index (κ2) is 12.6. The maximum atomic E-state index is 12.4. The third kappa shape index (κ3) is 7.21. The number of carbonyl (C=O) groups excluding carboxylic acids is 1. The molecule has 0 aromatic heterocycles. The number of amides is 1. The van der Waals surface area contributed by atoms with Gasteiger partial charge in [-0.05, 0) is 42.1 Å². The van der Waals surface area contributed by atoms with E-state index in [2.05, 4.69) is 39.5 Å². The van der Waals surface area contributed by atoms with Gasteiger partial charge in [-0.2, -0.15) is 0 Å². The van der Waals surface area contributed by atoms with Crippen molar-refractivity contribution in [2.75, 3.05) is 26.2 Å². The molecule has 32 heavy (non-hydrogen) atoms. The molecule has 1 amide bonds. The van der Waals surface area contributed by atoms with Crippen LogP contribution < -0.4 is 16.8 Å². The quantitative estimate of drug-likeness (QED) is 0.302. The molecule has 0 aliphatic carbocycles. The lowest BCUT2D eigenvalue weighted by molar-refractivity contribution is -0.127. The molecule has 1 fully saturated rings. The van der Waals surface area contributed by atoms with E-state index in [1.54, 1.807) is 12.5 Å². The Labute approximate surface area is 190 Å². The Morgan fingerprint density at radius 1 is 1.16 bits per heavy atom. The average Bonchev–Trinajstić information content (AvgIpc) is 2.83. The number of piperidine rings is 1. The molecule has 0 saturated carbocycles. The Bertz CT molecular complexity index is 914. The van der Waals surface area contributed by atoms with Gasteiger partial charge in [0.15, 0.2) is 0 Å². The molecule has 170 valence electrons. The number of nitrogens with one attached hydrogen (secondary N) is 1. The van der Waals surface area contributed by atoms with Gasteiger partial charge >= 0.3 is 0 Å². The molecule has 1 aliphatic heterocycles.